The Morgan fingerprint density at radius 3 is 2.12 bits per heavy atom. The Bertz CT molecular complexity index is 1810. The van der Waals surface area contributed by atoms with Crippen molar-refractivity contribution in [3.63, 3.8) is 0 Å². The number of sulfonamides is 1. The Balaban J connectivity index is 1.60. The van der Waals surface area contributed by atoms with Gasteiger partial charge in [0.15, 0.2) is 0 Å². The summed E-state index contributed by atoms with van der Waals surface area (Å²) < 4.78 is 35.4. The van der Waals surface area contributed by atoms with E-state index in [2.05, 4.69) is 5.32 Å². The SMILES string of the molecule is COc1ccc(Cl)cc1N(CC(=O)N(Cc1ccc(C)cc1)[C@@H](Cc1ccccc1)C(=O)NC1CCCC1)S(=O)(=O)c1ccc(C)cc1. The highest BCUT2D eigenvalue weighted by molar-refractivity contribution is 7.92. The number of aryl methyl sites for hydroxylation is 2. The molecule has 0 bridgehead atoms. The molecule has 0 heterocycles. The lowest BCUT2D eigenvalue weighted by atomic mass is 10.0. The molecule has 0 unspecified atom stereocenters. The van der Waals surface area contributed by atoms with Crippen molar-refractivity contribution in [1.29, 1.82) is 0 Å². The molecule has 5 rings (SSSR count). The van der Waals surface area contributed by atoms with Crippen LogP contribution in [0.2, 0.25) is 5.02 Å². The fraction of sp³-hybridized carbons (Fsp3) is 0.316. The molecule has 0 radical (unpaired) electrons. The molecule has 48 heavy (non-hydrogen) atoms. The number of ether oxygens (including phenoxy) is 1. The number of benzene rings is 4. The molecule has 0 aliphatic heterocycles. The Hall–Kier alpha value is -4.34. The van der Waals surface area contributed by atoms with Gasteiger partial charge in [-0.1, -0.05) is 102 Å². The number of rotatable bonds is 13. The fourth-order valence-corrected chi connectivity index (χ4v) is 7.60. The third-order valence-electron chi connectivity index (χ3n) is 8.74. The number of hydrogen-bond acceptors (Lipinski definition) is 5. The van der Waals surface area contributed by atoms with Crippen molar-refractivity contribution >= 4 is 39.1 Å². The highest BCUT2D eigenvalue weighted by Gasteiger charge is 2.36. The highest BCUT2D eigenvalue weighted by Crippen LogP contribution is 2.35. The fourth-order valence-electron chi connectivity index (χ4n) is 6.02. The maximum absolute atomic E-state index is 14.8. The molecule has 4 aromatic rings. The number of nitrogens with one attached hydrogen (secondary N) is 1. The maximum Gasteiger partial charge on any atom is 0.264 e. The van der Waals surface area contributed by atoms with Gasteiger partial charge < -0.3 is 15.0 Å². The summed E-state index contributed by atoms with van der Waals surface area (Å²) in [4.78, 5) is 30.4. The molecule has 1 aliphatic rings. The van der Waals surface area contributed by atoms with Crippen LogP contribution in [0.15, 0.2) is 102 Å². The van der Waals surface area contributed by atoms with Crippen molar-refractivity contribution in [3.8, 4) is 5.75 Å². The van der Waals surface area contributed by atoms with E-state index in [1.807, 2.05) is 68.4 Å². The Morgan fingerprint density at radius 1 is 0.875 bits per heavy atom. The molecule has 0 spiro atoms. The molecule has 0 saturated heterocycles. The molecule has 8 nitrogen and oxygen atoms in total. The van der Waals surface area contributed by atoms with E-state index < -0.39 is 28.5 Å². The summed E-state index contributed by atoms with van der Waals surface area (Å²) in [5, 5.41) is 3.47. The van der Waals surface area contributed by atoms with E-state index in [0.717, 1.165) is 52.2 Å². The molecule has 1 atom stereocenters. The van der Waals surface area contributed by atoms with Crippen LogP contribution in [-0.4, -0.2) is 50.9 Å². The van der Waals surface area contributed by atoms with Crippen molar-refractivity contribution in [2.24, 2.45) is 0 Å². The quantitative estimate of drug-likeness (QED) is 0.166. The van der Waals surface area contributed by atoms with Gasteiger partial charge in [-0.05, 0) is 68.1 Å². The van der Waals surface area contributed by atoms with Crippen molar-refractivity contribution in [1.82, 2.24) is 10.2 Å². The molecule has 1 aliphatic carbocycles. The zero-order valence-corrected chi connectivity index (χ0v) is 29.1. The van der Waals surface area contributed by atoms with Gasteiger partial charge >= 0.3 is 0 Å². The smallest absolute Gasteiger partial charge is 0.264 e. The van der Waals surface area contributed by atoms with Gasteiger partial charge in [0, 0.05) is 24.0 Å². The maximum atomic E-state index is 14.8. The van der Waals surface area contributed by atoms with Gasteiger partial charge in [-0.3, -0.25) is 13.9 Å². The first kappa shape index (κ1) is 35.0. The minimum Gasteiger partial charge on any atom is -0.495 e. The highest BCUT2D eigenvalue weighted by atomic mass is 35.5. The van der Waals surface area contributed by atoms with Crippen LogP contribution in [0.25, 0.3) is 0 Å². The zero-order chi connectivity index (χ0) is 34.3. The van der Waals surface area contributed by atoms with Gasteiger partial charge in [0.1, 0.15) is 18.3 Å². The number of anilines is 1. The third kappa shape index (κ3) is 8.57. The minimum absolute atomic E-state index is 0.00725. The van der Waals surface area contributed by atoms with Gasteiger partial charge in [-0.2, -0.15) is 0 Å². The van der Waals surface area contributed by atoms with Crippen LogP contribution in [0.4, 0.5) is 5.69 Å². The number of methoxy groups -OCH3 is 1. The van der Waals surface area contributed by atoms with E-state index >= 15 is 0 Å². The second-order valence-corrected chi connectivity index (χ2v) is 14.6. The molecule has 1 fully saturated rings. The molecule has 0 aromatic heterocycles. The Kier molecular flexibility index (Phi) is 11.4. The minimum atomic E-state index is -4.30. The van der Waals surface area contributed by atoms with Gasteiger partial charge in [-0.15, -0.1) is 0 Å². The van der Waals surface area contributed by atoms with Crippen LogP contribution in [0, 0.1) is 13.8 Å². The number of amides is 2. The van der Waals surface area contributed by atoms with Gasteiger partial charge in [0.25, 0.3) is 10.0 Å². The summed E-state index contributed by atoms with van der Waals surface area (Å²) in [6.45, 7) is 3.34. The van der Waals surface area contributed by atoms with Crippen molar-refractivity contribution in [2.75, 3.05) is 18.0 Å². The summed E-state index contributed by atoms with van der Waals surface area (Å²) in [7, 11) is -2.88. The number of hydrogen-bond donors (Lipinski definition) is 1. The van der Waals surface area contributed by atoms with Crippen molar-refractivity contribution in [2.45, 2.75) is 69.5 Å². The van der Waals surface area contributed by atoms with E-state index in [9.17, 15) is 18.0 Å². The average molecular weight is 688 g/mol. The Labute approximate surface area is 288 Å². The van der Waals surface area contributed by atoms with Crippen molar-refractivity contribution in [3.05, 3.63) is 124 Å². The number of carbonyl (C=O) groups excluding carboxylic acids is 2. The first-order chi connectivity index (χ1) is 23.0. The Morgan fingerprint density at radius 2 is 1.50 bits per heavy atom. The van der Waals surface area contributed by atoms with Crippen LogP contribution in [-0.2, 0) is 32.6 Å². The lowest BCUT2D eigenvalue weighted by Gasteiger charge is -2.34. The summed E-state index contributed by atoms with van der Waals surface area (Å²) in [6, 6.07) is 27.5. The van der Waals surface area contributed by atoms with Gasteiger partial charge in [0.2, 0.25) is 11.8 Å². The topological polar surface area (TPSA) is 96.0 Å². The first-order valence-corrected chi connectivity index (χ1v) is 18.0. The summed E-state index contributed by atoms with van der Waals surface area (Å²) >= 11 is 6.39. The molecule has 1 saturated carbocycles. The molecule has 1 N–H and O–H groups in total. The van der Waals surface area contributed by atoms with Crippen molar-refractivity contribution < 1.29 is 22.7 Å². The molecular weight excluding hydrogens is 646 g/mol. The second kappa shape index (κ2) is 15.7. The monoisotopic (exact) mass is 687 g/mol. The molecule has 10 heteroatoms. The predicted octanol–water partition coefficient (Wildman–Crippen LogP) is 6.86. The van der Waals surface area contributed by atoms with E-state index in [1.54, 1.807) is 24.3 Å². The number of carbonyl (C=O) groups is 2. The average Bonchev–Trinajstić information content (AvgIpc) is 3.59. The molecule has 2 amide bonds. The second-order valence-electron chi connectivity index (χ2n) is 12.3. The van der Waals surface area contributed by atoms with Crippen LogP contribution in [0.1, 0.15) is 47.9 Å². The predicted molar refractivity (Wildman–Crippen MR) is 190 cm³/mol. The summed E-state index contributed by atoms with van der Waals surface area (Å²) in [5.74, 6) is -0.580. The van der Waals surface area contributed by atoms with E-state index in [0.29, 0.717) is 0 Å². The summed E-state index contributed by atoms with van der Waals surface area (Å²) in [5.41, 5.74) is 3.75. The summed E-state index contributed by atoms with van der Waals surface area (Å²) in [6.07, 6.45) is 4.09. The normalized spacial score (nSPS) is 13.9. The lowest BCUT2D eigenvalue weighted by molar-refractivity contribution is -0.140. The molecular formula is C38H42ClN3O5S. The van der Waals surface area contributed by atoms with Crippen LogP contribution in [0.5, 0.6) is 5.75 Å². The lowest BCUT2D eigenvalue weighted by Crippen LogP contribution is -2.54. The molecule has 4 aromatic carbocycles. The van der Waals surface area contributed by atoms with E-state index in [1.165, 1.54) is 30.2 Å². The number of halogens is 1. The first-order valence-electron chi connectivity index (χ1n) is 16.2. The van der Waals surface area contributed by atoms with Crippen LogP contribution in [0.3, 0.4) is 0 Å². The van der Waals surface area contributed by atoms with Gasteiger partial charge in [-0.25, -0.2) is 8.42 Å². The van der Waals surface area contributed by atoms with Gasteiger partial charge in [0.05, 0.1) is 17.7 Å². The zero-order valence-electron chi connectivity index (χ0n) is 27.6. The largest absolute Gasteiger partial charge is 0.495 e. The van der Waals surface area contributed by atoms with E-state index in [-0.39, 0.29) is 46.3 Å². The number of nitrogens with zero attached hydrogens (tertiary/aromatic N) is 2. The van der Waals surface area contributed by atoms with E-state index in [4.69, 9.17) is 16.3 Å². The standard InChI is InChI=1S/C38H42ClN3O5S/c1-27-13-17-30(18-14-27)25-41(35(23-29-9-5-4-6-10-29)38(44)40-32-11-7-8-12-32)37(43)26-42(34-24-31(39)19-22-36(34)47-3)48(45,46)33-20-15-28(2)16-21-33/h4-6,9-10,13-22,24,32,35H,7-8,11-12,23,25-26H2,1-3H3,(H,40,44)/t35-/m0/s1. The van der Waals surface area contributed by atoms with Crippen LogP contribution >= 0.6 is 11.6 Å². The van der Waals surface area contributed by atoms with Crippen LogP contribution < -0.4 is 14.4 Å². The third-order valence-corrected chi connectivity index (χ3v) is 10.8. The molecule has 252 valence electrons.